The van der Waals surface area contributed by atoms with Crippen LogP contribution in [0.1, 0.15) is 16.1 Å². The van der Waals surface area contributed by atoms with E-state index in [-0.39, 0.29) is 11.5 Å². The van der Waals surface area contributed by atoms with Gasteiger partial charge >= 0.3 is 5.91 Å². The molecule has 0 aliphatic rings. The average Bonchev–Trinajstić information content (AvgIpc) is 2.92. The first kappa shape index (κ1) is 14.3. The molecule has 3 rings (SSSR count). The molecule has 3 aromatic rings. The molecule has 22 heavy (non-hydrogen) atoms. The lowest BCUT2D eigenvalue weighted by atomic mass is 10.2. The molecule has 2 aromatic carbocycles. The van der Waals surface area contributed by atoms with E-state index < -0.39 is 5.91 Å². The van der Waals surface area contributed by atoms with Crippen molar-refractivity contribution in [3.05, 3.63) is 64.3 Å². The number of aromatic hydroxyl groups is 1. The van der Waals surface area contributed by atoms with Crippen LogP contribution in [0, 0.1) is 0 Å². The van der Waals surface area contributed by atoms with Gasteiger partial charge in [0, 0.05) is 15.4 Å². The Bertz CT molecular complexity index is 871. The molecule has 6 heteroatoms. The number of carbonyl (C=O) groups excluding carboxylic acids is 1. The van der Waals surface area contributed by atoms with E-state index in [2.05, 4.69) is 26.5 Å². The Morgan fingerprint density at radius 1 is 1.23 bits per heavy atom. The Kier molecular flexibility index (Phi) is 3.93. The highest BCUT2D eigenvalue weighted by atomic mass is 79.9. The quantitative estimate of drug-likeness (QED) is 0.554. The number of para-hydroxylation sites is 1. The zero-order valence-electron chi connectivity index (χ0n) is 11.3. The molecule has 0 bridgehead atoms. The third-order valence-corrected chi connectivity index (χ3v) is 3.50. The Morgan fingerprint density at radius 2 is 2.05 bits per heavy atom. The lowest BCUT2D eigenvalue weighted by Crippen LogP contribution is -2.16. The summed E-state index contributed by atoms with van der Waals surface area (Å²) in [7, 11) is 0. The third-order valence-electron chi connectivity index (χ3n) is 3.01. The van der Waals surface area contributed by atoms with Crippen molar-refractivity contribution in [3.8, 4) is 5.75 Å². The molecule has 1 aromatic heterocycles. The van der Waals surface area contributed by atoms with E-state index in [0.29, 0.717) is 11.1 Å². The fourth-order valence-corrected chi connectivity index (χ4v) is 2.32. The molecule has 0 aliphatic heterocycles. The number of phenols is 1. The highest BCUT2D eigenvalue weighted by Crippen LogP contribution is 2.23. The molecule has 0 spiro atoms. The Hall–Kier alpha value is -2.60. The Labute approximate surface area is 134 Å². The number of nitrogens with zero attached hydrogens (tertiary/aromatic N) is 1. The van der Waals surface area contributed by atoms with E-state index in [4.69, 9.17) is 4.42 Å². The van der Waals surface area contributed by atoms with Crippen LogP contribution in [-0.4, -0.2) is 17.2 Å². The van der Waals surface area contributed by atoms with Gasteiger partial charge < -0.3 is 9.52 Å². The maximum absolute atomic E-state index is 12.0. The molecule has 5 nitrogen and oxygen atoms in total. The molecular formula is C16H11BrN2O3. The van der Waals surface area contributed by atoms with Crippen LogP contribution in [0.2, 0.25) is 0 Å². The smallest absolute Gasteiger partial charge is 0.307 e. The van der Waals surface area contributed by atoms with E-state index in [1.807, 2.05) is 12.1 Å². The molecule has 0 atom stereocenters. The van der Waals surface area contributed by atoms with Gasteiger partial charge in [0.05, 0.1) is 6.21 Å². The topological polar surface area (TPSA) is 74.8 Å². The summed E-state index contributed by atoms with van der Waals surface area (Å²) in [4.78, 5) is 12.0. The van der Waals surface area contributed by atoms with Gasteiger partial charge in [-0.05, 0) is 36.4 Å². The zero-order valence-corrected chi connectivity index (χ0v) is 12.9. The maximum atomic E-state index is 12.0. The summed E-state index contributed by atoms with van der Waals surface area (Å²) in [6, 6.07) is 13.8. The number of halogens is 1. The largest absolute Gasteiger partial charge is 0.507 e. The van der Waals surface area contributed by atoms with Gasteiger partial charge in [-0.1, -0.05) is 28.1 Å². The summed E-state index contributed by atoms with van der Waals surface area (Å²) in [5.41, 5.74) is 3.50. The number of benzene rings is 2. The summed E-state index contributed by atoms with van der Waals surface area (Å²) in [6.45, 7) is 0. The van der Waals surface area contributed by atoms with Crippen molar-refractivity contribution < 1.29 is 14.3 Å². The minimum atomic E-state index is -0.459. The van der Waals surface area contributed by atoms with E-state index in [1.54, 1.807) is 36.4 Å². The van der Waals surface area contributed by atoms with Crippen molar-refractivity contribution >= 4 is 39.0 Å². The molecule has 1 amide bonds. The van der Waals surface area contributed by atoms with Crippen LogP contribution in [0.15, 0.2) is 62.5 Å². The van der Waals surface area contributed by atoms with Crippen LogP contribution in [0.5, 0.6) is 5.75 Å². The SMILES string of the molecule is O=C(N/N=C/c1ccccc1O)c1cc2cc(Br)ccc2o1. The highest BCUT2D eigenvalue weighted by Gasteiger charge is 2.11. The molecule has 0 saturated heterocycles. The van der Waals surface area contributed by atoms with Crippen LogP contribution in [-0.2, 0) is 0 Å². The first-order valence-electron chi connectivity index (χ1n) is 6.44. The van der Waals surface area contributed by atoms with Crippen LogP contribution in [0.3, 0.4) is 0 Å². The first-order chi connectivity index (χ1) is 10.6. The van der Waals surface area contributed by atoms with E-state index in [1.165, 1.54) is 6.21 Å². The summed E-state index contributed by atoms with van der Waals surface area (Å²) in [6.07, 6.45) is 1.37. The van der Waals surface area contributed by atoms with Crippen LogP contribution >= 0.6 is 15.9 Å². The lowest BCUT2D eigenvalue weighted by molar-refractivity contribution is 0.0929. The number of nitrogens with one attached hydrogen (secondary N) is 1. The van der Waals surface area contributed by atoms with Gasteiger partial charge in [0.15, 0.2) is 5.76 Å². The normalized spacial score (nSPS) is 11.1. The highest BCUT2D eigenvalue weighted by molar-refractivity contribution is 9.10. The number of hydrogen-bond acceptors (Lipinski definition) is 4. The second kappa shape index (κ2) is 6.03. The molecule has 0 radical (unpaired) electrons. The van der Waals surface area contributed by atoms with Crippen molar-refractivity contribution in [1.29, 1.82) is 0 Å². The van der Waals surface area contributed by atoms with E-state index in [0.717, 1.165) is 9.86 Å². The number of furan rings is 1. The number of phenolic OH excluding ortho intramolecular Hbond substituents is 1. The van der Waals surface area contributed by atoms with Gasteiger partial charge in [-0.3, -0.25) is 4.79 Å². The lowest BCUT2D eigenvalue weighted by Gasteiger charge is -1.97. The summed E-state index contributed by atoms with van der Waals surface area (Å²) < 4.78 is 6.36. The molecule has 0 unspecified atom stereocenters. The number of hydrogen-bond donors (Lipinski definition) is 2. The molecular weight excluding hydrogens is 348 g/mol. The minimum Gasteiger partial charge on any atom is -0.507 e. The average molecular weight is 359 g/mol. The molecule has 2 N–H and O–H groups in total. The Balaban J connectivity index is 1.75. The summed E-state index contributed by atoms with van der Waals surface area (Å²) >= 11 is 3.36. The second-order valence-corrected chi connectivity index (χ2v) is 5.47. The van der Waals surface area contributed by atoms with Crippen molar-refractivity contribution in [2.45, 2.75) is 0 Å². The summed E-state index contributed by atoms with van der Waals surface area (Å²) in [5.74, 6) is -0.199. The van der Waals surface area contributed by atoms with Gasteiger partial charge in [-0.2, -0.15) is 5.10 Å². The van der Waals surface area contributed by atoms with Crippen molar-refractivity contribution in [2.24, 2.45) is 5.10 Å². The fourth-order valence-electron chi connectivity index (χ4n) is 1.94. The Morgan fingerprint density at radius 3 is 2.86 bits per heavy atom. The van der Waals surface area contributed by atoms with E-state index in [9.17, 15) is 9.90 Å². The predicted molar refractivity (Wildman–Crippen MR) is 87.1 cm³/mol. The van der Waals surface area contributed by atoms with Crippen molar-refractivity contribution in [2.75, 3.05) is 0 Å². The van der Waals surface area contributed by atoms with E-state index >= 15 is 0 Å². The monoisotopic (exact) mass is 358 g/mol. The van der Waals surface area contributed by atoms with Crippen LogP contribution in [0.25, 0.3) is 11.0 Å². The molecule has 0 aliphatic carbocycles. The van der Waals surface area contributed by atoms with Gasteiger partial charge in [0.2, 0.25) is 0 Å². The first-order valence-corrected chi connectivity index (χ1v) is 7.23. The van der Waals surface area contributed by atoms with Gasteiger partial charge in [-0.25, -0.2) is 5.43 Å². The fraction of sp³-hybridized carbons (Fsp3) is 0. The van der Waals surface area contributed by atoms with Crippen LogP contribution < -0.4 is 5.43 Å². The minimum absolute atomic E-state index is 0.0917. The molecule has 1 heterocycles. The third kappa shape index (κ3) is 3.01. The number of fused-ring (bicyclic) bond motifs is 1. The van der Waals surface area contributed by atoms with Gasteiger partial charge in [-0.15, -0.1) is 0 Å². The second-order valence-electron chi connectivity index (χ2n) is 4.55. The molecule has 0 saturated carbocycles. The predicted octanol–water partition coefficient (Wildman–Crippen LogP) is 3.66. The molecule has 0 fully saturated rings. The van der Waals surface area contributed by atoms with Crippen LogP contribution in [0.4, 0.5) is 0 Å². The number of amides is 1. The number of carbonyl (C=O) groups is 1. The van der Waals surface area contributed by atoms with Gasteiger partial charge in [0.25, 0.3) is 0 Å². The number of rotatable bonds is 3. The maximum Gasteiger partial charge on any atom is 0.307 e. The van der Waals surface area contributed by atoms with Crippen molar-refractivity contribution in [1.82, 2.24) is 5.43 Å². The standard InChI is InChI=1S/C16H11BrN2O3/c17-12-5-6-14-11(7-12)8-15(22-14)16(21)19-18-9-10-3-1-2-4-13(10)20/h1-9,20H,(H,19,21)/b18-9+. The van der Waals surface area contributed by atoms with Crippen molar-refractivity contribution in [3.63, 3.8) is 0 Å². The van der Waals surface area contributed by atoms with Gasteiger partial charge in [0.1, 0.15) is 11.3 Å². The zero-order chi connectivity index (χ0) is 15.5. The number of hydrazone groups is 1. The molecule has 110 valence electrons. The summed E-state index contributed by atoms with van der Waals surface area (Å²) in [5, 5.41) is 14.2.